The molecule has 0 aliphatic rings. The van der Waals surface area contributed by atoms with E-state index < -0.39 is 11.7 Å². The van der Waals surface area contributed by atoms with Gasteiger partial charge in [-0.3, -0.25) is 0 Å². The summed E-state index contributed by atoms with van der Waals surface area (Å²) in [7, 11) is 0. The summed E-state index contributed by atoms with van der Waals surface area (Å²) in [6.45, 7) is 1.71. The smallest absolute Gasteiger partial charge is 0.361 e. The van der Waals surface area contributed by atoms with E-state index in [1.165, 1.54) is 12.1 Å². The average molecular weight is 228 g/mol. The molecule has 1 aromatic rings. The highest BCUT2D eigenvalue weighted by molar-refractivity contribution is 5.75. The summed E-state index contributed by atoms with van der Waals surface area (Å²) in [5, 5.41) is 9.70. The highest BCUT2D eigenvalue weighted by Crippen LogP contribution is 2.29. The van der Waals surface area contributed by atoms with Crippen LogP contribution in [0, 0.1) is 5.41 Å². The predicted octanol–water partition coefficient (Wildman–Crippen LogP) is 3.67. The predicted molar refractivity (Wildman–Crippen MR) is 57.6 cm³/mol. The van der Waals surface area contributed by atoms with Gasteiger partial charge in [-0.15, -0.1) is 0 Å². The van der Waals surface area contributed by atoms with Crippen molar-refractivity contribution in [1.82, 2.24) is 0 Å². The van der Waals surface area contributed by atoms with Crippen LogP contribution in [0.3, 0.4) is 0 Å². The van der Waals surface area contributed by atoms with Gasteiger partial charge in [0.2, 0.25) is 0 Å². The van der Waals surface area contributed by atoms with Crippen LogP contribution in [-0.4, -0.2) is 6.21 Å². The van der Waals surface area contributed by atoms with Gasteiger partial charge in [0.25, 0.3) is 0 Å². The molecule has 0 aliphatic carbocycles. The Bertz CT molecular complexity index is 391. The van der Waals surface area contributed by atoms with Gasteiger partial charge in [-0.25, -0.2) is 0 Å². The molecule has 5 heteroatoms. The summed E-state index contributed by atoms with van der Waals surface area (Å²) >= 11 is 0. The maximum atomic E-state index is 12.2. The van der Waals surface area contributed by atoms with Crippen LogP contribution >= 0.6 is 0 Å². The minimum absolute atomic E-state index is 0.550. The Balaban J connectivity index is 2.76. The second-order valence-corrected chi connectivity index (χ2v) is 3.25. The summed E-state index contributed by atoms with van der Waals surface area (Å²) in [6.07, 6.45) is -1.61. The van der Waals surface area contributed by atoms with Crippen molar-refractivity contribution in [2.75, 3.05) is 5.32 Å². The number of benzene rings is 1. The van der Waals surface area contributed by atoms with E-state index in [2.05, 4.69) is 5.32 Å². The maximum Gasteiger partial charge on any atom is 0.416 e. The van der Waals surface area contributed by atoms with E-state index in [9.17, 15) is 13.2 Å². The van der Waals surface area contributed by atoms with Gasteiger partial charge in [-0.1, -0.05) is 0 Å². The molecule has 0 spiro atoms. The fourth-order valence-corrected chi connectivity index (χ4v) is 0.994. The molecule has 1 rings (SSSR count). The molecule has 0 heterocycles. The molecule has 0 fully saturated rings. The molecule has 1 aromatic carbocycles. The van der Waals surface area contributed by atoms with E-state index in [-0.39, 0.29) is 0 Å². The van der Waals surface area contributed by atoms with Gasteiger partial charge in [0.1, 0.15) is 0 Å². The molecule has 0 saturated heterocycles. The van der Waals surface area contributed by atoms with Gasteiger partial charge >= 0.3 is 6.18 Å². The summed E-state index contributed by atoms with van der Waals surface area (Å²) in [5.41, 5.74) is 0.555. The normalized spacial score (nSPS) is 12.4. The number of anilines is 1. The highest BCUT2D eigenvalue weighted by Gasteiger charge is 2.29. The van der Waals surface area contributed by atoms with E-state index in [0.29, 0.717) is 11.3 Å². The third-order valence-corrected chi connectivity index (χ3v) is 1.91. The minimum Gasteiger partial charge on any atom is -0.361 e. The molecule has 2 nitrogen and oxygen atoms in total. The van der Waals surface area contributed by atoms with Crippen LogP contribution in [0.2, 0.25) is 0 Å². The fourth-order valence-electron chi connectivity index (χ4n) is 0.994. The molecule has 2 N–H and O–H groups in total. The molecule has 0 saturated carbocycles. The molecular weight excluding hydrogens is 217 g/mol. The first-order valence-electron chi connectivity index (χ1n) is 4.54. The van der Waals surface area contributed by atoms with Gasteiger partial charge in [0, 0.05) is 18.1 Å². The molecule has 0 bridgehead atoms. The van der Waals surface area contributed by atoms with E-state index in [1.807, 2.05) is 0 Å². The lowest BCUT2D eigenvalue weighted by molar-refractivity contribution is -0.137. The van der Waals surface area contributed by atoms with Gasteiger partial charge in [-0.2, -0.15) is 13.2 Å². The van der Waals surface area contributed by atoms with E-state index >= 15 is 0 Å². The lowest BCUT2D eigenvalue weighted by Crippen LogP contribution is -2.04. The first kappa shape index (κ1) is 12.3. The number of allylic oxidation sites excluding steroid dienone is 1. The first-order valence-corrected chi connectivity index (χ1v) is 4.54. The quantitative estimate of drug-likeness (QED) is 0.761. The van der Waals surface area contributed by atoms with Crippen molar-refractivity contribution in [2.45, 2.75) is 13.1 Å². The number of hydrogen-bond acceptors (Lipinski definition) is 2. The van der Waals surface area contributed by atoms with Gasteiger partial charge in [0.15, 0.2) is 0 Å². The van der Waals surface area contributed by atoms with Gasteiger partial charge in [0.05, 0.1) is 5.56 Å². The molecule has 0 amide bonds. The Morgan fingerprint density at radius 3 is 2.25 bits per heavy atom. The summed E-state index contributed by atoms with van der Waals surface area (Å²) < 4.78 is 36.7. The van der Waals surface area contributed by atoms with Crippen LogP contribution in [0.15, 0.2) is 36.0 Å². The maximum absolute atomic E-state index is 12.2. The lowest BCUT2D eigenvalue weighted by Gasteiger charge is -2.07. The van der Waals surface area contributed by atoms with E-state index in [0.717, 1.165) is 18.3 Å². The SMILES string of the molecule is C/C(C=N)=C/Nc1ccc(C(F)(F)F)cc1. The van der Waals surface area contributed by atoms with Crippen molar-refractivity contribution in [3.63, 3.8) is 0 Å². The number of alkyl halides is 3. The topological polar surface area (TPSA) is 35.9 Å². The zero-order valence-electron chi connectivity index (χ0n) is 8.60. The molecule has 86 valence electrons. The lowest BCUT2D eigenvalue weighted by atomic mass is 10.2. The molecule has 0 aliphatic heterocycles. The molecule has 16 heavy (non-hydrogen) atoms. The number of halogens is 3. The van der Waals surface area contributed by atoms with Crippen molar-refractivity contribution >= 4 is 11.9 Å². The Kier molecular flexibility index (Phi) is 3.71. The number of rotatable bonds is 3. The van der Waals surface area contributed by atoms with Crippen LogP contribution in [-0.2, 0) is 6.18 Å². The zero-order valence-corrected chi connectivity index (χ0v) is 8.60. The van der Waals surface area contributed by atoms with Crippen LogP contribution in [0.1, 0.15) is 12.5 Å². The second kappa shape index (κ2) is 4.83. The molecule has 0 radical (unpaired) electrons. The Morgan fingerprint density at radius 1 is 1.25 bits per heavy atom. The van der Waals surface area contributed by atoms with Crippen molar-refractivity contribution in [2.24, 2.45) is 0 Å². The fraction of sp³-hybridized carbons (Fsp3) is 0.182. The minimum atomic E-state index is -4.31. The van der Waals surface area contributed by atoms with Crippen molar-refractivity contribution < 1.29 is 13.2 Å². The van der Waals surface area contributed by atoms with Crippen LogP contribution in [0.5, 0.6) is 0 Å². The second-order valence-electron chi connectivity index (χ2n) is 3.25. The van der Waals surface area contributed by atoms with Crippen LogP contribution < -0.4 is 5.32 Å². The Labute approximate surface area is 91.3 Å². The molecule has 0 atom stereocenters. The van der Waals surface area contributed by atoms with Crippen molar-refractivity contribution in [1.29, 1.82) is 5.41 Å². The number of nitrogens with one attached hydrogen (secondary N) is 2. The molecule has 0 unspecified atom stereocenters. The summed E-state index contributed by atoms with van der Waals surface area (Å²) in [4.78, 5) is 0. The number of hydrogen-bond donors (Lipinski definition) is 2. The zero-order chi connectivity index (χ0) is 12.2. The van der Waals surface area contributed by atoms with Crippen molar-refractivity contribution in [3.05, 3.63) is 41.6 Å². The third-order valence-electron chi connectivity index (χ3n) is 1.91. The largest absolute Gasteiger partial charge is 0.416 e. The van der Waals surface area contributed by atoms with Gasteiger partial charge < -0.3 is 10.7 Å². The first-order chi connectivity index (χ1) is 7.43. The molecular formula is C11H11F3N2. The van der Waals surface area contributed by atoms with Crippen LogP contribution in [0.25, 0.3) is 0 Å². The van der Waals surface area contributed by atoms with Gasteiger partial charge in [-0.05, 0) is 36.8 Å². The molecule has 0 aromatic heterocycles. The highest BCUT2D eigenvalue weighted by atomic mass is 19.4. The van der Waals surface area contributed by atoms with Crippen molar-refractivity contribution in [3.8, 4) is 0 Å². The van der Waals surface area contributed by atoms with E-state index in [1.54, 1.807) is 13.1 Å². The monoisotopic (exact) mass is 228 g/mol. The average Bonchev–Trinajstić information content (AvgIpc) is 2.25. The van der Waals surface area contributed by atoms with Crippen LogP contribution in [0.4, 0.5) is 18.9 Å². The third kappa shape index (κ3) is 3.42. The standard InChI is InChI=1S/C11H11F3N2/c1-8(6-15)7-16-10-4-2-9(3-5-10)11(12,13)14/h2-7,15-16H,1H3/b8-7-,15-6?. The Morgan fingerprint density at radius 2 is 1.81 bits per heavy atom. The summed E-state index contributed by atoms with van der Waals surface area (Å²) in [6, 6.07) is 4.71. The Hall–Kier alpha value is -1.78. The van der Waals surface area contributed by atoms with E-state index in [4.69, 9.17) is 5.41 Å². The summed E-state index contributed by atoms with van der Waals surface area (Å²) in [5.74, 6) is 0.